The van der Waals surface area contributed by atoms with Crippen molar-refractivity contribution in [2.75, 3.05) is 19.6 Å². The summed E-state index contributed by atoms with van der Waals surface area (Å²) in [6, 6.07) is 19.5. The molecule has 0 bridgehead atoms. The van der Waals surface area contributed by atoms with Crippen LogP contribution in [0, 0.1) is 0 Å². The molecular formula is C34H37N7O4S. The van der Waals surface area contributed by atoms with E-state index in [1.807, 2.05) is 42.5 Å². The molecule has 0 unspecified atom stereocenters. The van der Waals surface area contributed by atoms with Crippen LogP contribution in [0.15, 0.2) is 71.7 Å². The van der Waals surface area contributed by atoms with Gasteiger partial charge in [0.05, 0.1) is 22.8 Å². The lowest BCUT2D eigenvalue weighted by Gasteiger charge is -2.38. The highest BCUT2D eigenvalue weighted by Crippen LogP contribution is 2.30. The van der Waals surface area contributed by atoms with Gasteiger partial charge in [0.1, 0.15) is 12.1 Å². The predicted molar refractivity (Wildman–Crippen MR) is 178 cm³/mol. The maximum atomic E-state index is 13.7. The summed E-state index contributed by atoms with van der Waals surface area (Å²) >= 11 is 1.27. The molecule has 4 aromatic rings. The molecular weight excluding hydrogens is 602 g/mol. The number of aliphatic imine (C=N–C) groups is 1. The summed E-state index contributed by atoms with van der Waals surface area (Å²) in [5, 5.41) is 5.54. The molecule has 3 aromatic carbocycles. The smallest absolute Gasteiger partial charge is 0.245 e. The number of nitrogens with two attached hydrogens (primary N) is 2. The number of nitrogens with one attached hydrogen (secondary N) is 1. The first kappa shape index (κ1) is 31.2. The Kier molecular flexibility index (Phi) is 9.25. The Hall–Kier alpha value is -4.84. The average Bonchev–Trinajstić information content (AvgIpc) is 3.70. The van der Waals surface area contributed by atoms with Crippen LogP contribution < -0.4 is 16.8 Å². The summed E-state index contributed by atoms with van der Waals surface area (Å²) in [7, 11) is 0. The molecule has 2 aliphatic heterocycles. The number of piperazine rings is 1. The quantitative estimate of drug-likeness (QED) is 0.0928. The van der Waals surface area contributed by atoms with Crippen molar-refractivity contribution in [1.82, 2.24) is 20.1 Å². The van der Waals surface area contributed by atoms with E-state index < -0.39 is 24.0 Å². The minimum absolute atomic E-state index is 0.0500. The first-order valence-electron chi connectivity index (χ1n) is 15.6. The van der Waals surface area contributed by atoms with Gasteiger partial charge in [-0.25, -0.2) is 4.98 Å². The van der Waals surface area contributed by atoms with Gasteiger partial charge in [0, 0.05) is 13.1 Å². The molecule has 3 amide bonds. The highest BCUT2D eigenvalue weighted by Gasteiger charge is 2.49. The number of thiazole rings is 1. The topological polar surface area (TPSA) is 164 Å². The van der Waals surface area contributed by atoms with Gasteiger partial charge in [-0.1, -0.05) is 54.6 Å². The summed E-state index contributed by atoms with van der Waals surface area (Å²) in [6.45, 7) is 0.688. The molecule has 2 saturated heterocycles. The molecule has 12 heteroatoms. The zero-order valence-electron chi connectivity index (χ0n) is 25.4. The van der Waals surface area contributed by atoms with E-state index in [9.17, 15) is 19.2 Å². The molecule has 5 N–H and O–H groups in total. The zero-order chi connectivity index (χ0) is 32.2. The first-order chi connectivity index (χ1) is 22.3. The third kappa shape index (κ3) is 6.57. The van der Waals surface area contributed by atoms with E-state index in [2.05, 4.69) is 39.6 Å². The van der Waals surface area contributed by atoms with Crippen molar-refractivity contribution >= 4 is 61.8 Å². The number of ketones is 1. The number of aromatic nitrogens is 1. The number of Topliss-reactive ketones (excluding diaryl/α,β-unsaturated/α-hetero) is 1. The van der Waals surface area contributed by atoms with Crippen molar-refractivity contribution in [2.45, 2.75) is 56.7 Å². The lowest BCUT2D eigenvalue weighted by atomic mass is 10.0. The van der Waals surface area contributed by atoms with Crippen LogP contribution in [0.2, 0.25) is 0 Å². The number of amides is 3. The van der Waals surface area contributed by atoms with Gasteiger partial charge in [0.25, 0.3) is 0 Å². The number of nitrogens with zero attached hydrogens (tertiary/aromatic N) is 4. The number of fused-ring (bicyclic) bond motifs is 3. The molecule has 3 atom stereocenters. The Morgan fingerprint density at radius 1 is 1.00 bits per heavy atom. The van der Waals surface area contributed by atoms with E-state index >= 15 is 0 Å². The number of hydrogen-bond donors (Lipinski definition) is 3. The van der Waals surface area contributed by atoms with Gasteiger partial charge in [0.2, 0.25) is 23.5 Å². The van der Waals surface area contributed by atoms with Crippen molar-refractivity contribution in [2.24, 2.45) is 16.5 Å². The van der Waals surface area contributed by atoms with Crippen LogP contribution in [0.4, 0.5) is 0 Å². The largest absolute Gasteiger partial charge is 0.370 e. The molecule has 6 rings (SSSR count). The van der Waals surface area contributed by atoms with E-state index in [1.54, 1.807) is 4.90 Å². The summed E-state index contributed by atoms with van der Waals surface area (Å²) < 4.78 is 0.870. The second-order valence-corrected chi connectivity index (χ2v) is 12.8. The summed E-state index contributed by atoms with van der Waals surface area (Å²) in [6.07, 6.45) is 2.97. The number of hydrogen-bond acceptors (Lipinski definition) is 7. The fourth-order valence-corrected chi connectivity index (χ4v) is 7.48. The van der Waals surface area contributed by atoms with E-state index in [0.717, 1.165) is 17.5 Å². The molecule has 2 aliphatic rings. The fraction of sp³-hybridized carbons (Fsp3) is 0.353. The first-order valence-corrected chi connectivity index (χ1v) is 16.4. The van der Waals surface area contributed by atoms with Gasteiger partial charge < -0.3 is 26.6 Å². The van der Waals surface area contributed by atoms with Crippen molar-refractivity contribution in [3.05, 3.63) is 77.3 Å². The SMILES string of the molecule is NC(N)=NCCC[C@H](NC(=O)[C@@H]1CC[C@H]2C(=O)N(CCCc3cccc4ccccc34)CC(=O)N12)C(=O)c1nc2ccccc2s1. The van der Waals surface area contributed by atoms with Gasteiger partial charge in [-0.2, -0.15) is 0 Å². The van der Waals surface area contributed by atoms with Crippen LogP contribution in [-0.2, 0) is 20.8 Å². The molecule has 0 saturated carbocycles. The normalized spacial score (nSPS) is 18.5. The van der Waals surface area contributed by atoms with Crippen molar-refractivity contribution < 1.29 is 19.2 Å². The summed E-state index contributed by atoms with van der Waals surface area (Å²) in [5.41, 5.74) is 12.8. The summed E-state index contributed by atoms with van der Waals surface area (Å²) in [4.78, 5) is 65.7. The minimum Gasteiger partial charge on any atom is -0.370 e. The van der Waals surface area contributed by atoms with Crippen LogP contribution in [-0.4, -0.2) is 82.0 Å². The highest BCUT2D eigenvalue weighted by molar-refractivity contribution is 7.20. The van der Waals surface area contributed by atoms with Gasteiger partial charge in [-0.15, -0.1) is 11.3 Å². The predicted octanol–water partition coefficient (Wildman–Crippen LogP) is 3.01. The molecule has 3 heterocycles. The Morgan fingerprint density at radius 2 is 1.78 bits per heavy atom. The number of aryl methyl sites for hydroxylation is 1. The second kappa shape index (κ2) is 13.7. The molecule has 1 aromatic heterocycles. The molecule has 2 fully saturated rings. The van der Waals surface area contributed by atoms with E-state index in [-0.39, 0.29) is 36.5 Å². The van der Waals surface area contributed by atoms with Gasteiger partial charge in [-0.05, 0) is 67.0 Å². The molecule has 0 aliphatic carbocycles. The maximum Gasteiger partial charge on any atom is 0.245 e. The molecule has 0 radical (unpaired) electrons. The third-order valence-corrected chi connectivity index (χ3v) is 9.79. The number of benzene rings is 3. The number of para-hydroxylation sites is 1. The standard InChI is InChI=1S/C34H37N7O4S/c35-34(36)37-18-6-14-25(30(43)32-39-24-13-3-4-15-28(24)46-32)38-31(44)26-16-17-27-33(45)40(20-29(42)41(26)27)19-7-11-22-10-5-9-21-8-1-2-12-23(21)22/h1-5,8-10,12-13,15,25-27H,6-7,11,14,16-20H2,(H,38,44)(H4,35,36,37)/t25-,26-,27-/m0/s1. The van der Waals surface area contributed by atoms with Gasteiger partial charge >= 0.3 is 0 Å². The Labute approximate surface area is 270 Å². The van der Waals surface area contributed by atoms with Crippen molar-refractivity contribution in [3.63, 3.8) is 0 Å². The zero-order valence-corrected chi connectivity index (χ0v) is 26.2. The molecule has 11 nitrogen and oxygen atoms in total. The molecule has 0 spiro atoms. The van der Waals surface area contributed by atoms with Crippen LogP contribution >= 0.6 is 11.3 Å². The van der Waals surface area contributed by atoms with Crippen molar-refractivity contribution in [3.8, 4) is 0 Å². The molecule has 46 heavy (non-hydrogen) atoms. The number of rotatable bonds is 12. The monoisotopic (exact) mass is 639 g/mol. The van der Waals surface area contributed by atoms with Crippen LogP contribution in [0.25, 0.3) is 21.0 Å². The van der Waals surface area contributed by atoms with E-state index in [4.69, 9.17) is 11.5 Å². The average molecular weight is 640 g/mol. The van der Waals surface area contributed by atoms with Crippen molar-refractivity contribution in [1.29, 1.82) is 0 Å². The lowest BCUT2D eigenvalue weighted by molar-refractivity contribution is -0.157. The Morgan fingerprint density at radius 3 is 2.61 bits per heavy atom. The van der Waals surface area contributed by atoms with Crippen LogP contribution in [0.1, 0.15) is 47.5 Å². The van der Waals surface area contributed by atoms with Gasteiger partial charge in [0.15, 0.2) is 11.0 Å². The lowest BCUT2D eigenvalue weighted by Crippen LogP contribution is -2.62. The number of carbonyl (C=O) groups is 4. The fourth-order valence-electron chi connectivity index (χ4n) is 6.52. The highest BCUT2D eigenvalue weighted by atomic mass is 32.1. The Balaban J connectivity index is 1.10. The van der Waals surface area contributed by atoms with Gasteiger partial charge in [-0.3, -0.25) is 24.2 Å². The second-order valence-electron chi connectivity index (χ2n) is 11.8. The Bertz CT molecular complexity index is 1780. The molecule has 238 valence electrons. The summed E-state index contributed by atoms with van der Waals surface area (Å²) in [5.74, 6) is -1.20. The maximum absolute atomic E-state index is 13.7. The number of carbonyl (C=O) groups excluding carboxylic acids is 4. The van der Waals surface area contributed by atoms with Crippen LogP contribution in [0.5, 0.6) is 0 Å². The minimum atomic E-state index is -0.887. The van der Waals surface area contributed by atoms with E-state index in [1.165, 1.54) is 32.6 Å². The van der Waals surface area contributed by atoms with Crippen LogP contribution in [0.3, 0.4) is 0 Å². The third-order valence-electron chi connectivity index (χ3n) is 8.74. The number of guanidine groups is 1. The van der Waals surface area contributed by atoms with E-state index in [0.29, 0.717) is 42.9 Å².